The van der Waals surface area contributed by atoms with E-state index in [2.05, 4.69) is 33.8 Å². The van der Waals surface area contributed by atoms with Gasteiger partial charge in [-0.15, -0.1) is 0 Å². The highest BCUT2D eigenvalue weighted by Gasteiger charge is 2.46. The number of rotatable bonds is 6. The van der Waals surface area contributed by atoms with Gasteiger partial charge in [0, 0.05) is 48.9 Å². The fraction of sp³-hybridized carbons (Fsp3) is 0.433. The van der Waals surface area contributed by atoms with Crippen molar-refractivity contribution in [1.29, 1.82) is 0 Å². The standard InChI is InChI=1S/C30H37N5O3/c1-19(36)33-26-17-30(23-10-6-4-9-22(23)26)12-14-35(15-13-30)27(37)25(34-28(38)29(2,3)31)16-20-18-32-24-11-7-5-8-21(20)24/h4-11,18,25-26,32H,12-17,31H2,1-3H3,(H,33,36)(H,34,38)/t25?,26-/m1/s1. The summed E-state index contributed by atoms with van der Waals surface area (Å²) in [5.74, 6) is -0.479. The van der Waals surface area contributed by atoms with Gasteiger partial charge in [-0.2, -0.15) is 0 Å². The number of H-pyrrole nitrogens is 1. The maximum absolute atomic E-state index is 13.9. The van der Waals surface area contributed by atoms with E-state index in [1.807, 2.05) is 41.4 Å². The van der Waals surface area contributed by atoms with Crippen LogP contribution in [0.15, 0.2) is 54.7 Å². The molecule has 0 bridgehead atoms. The van der Waals surface area contributed by atoms with Crippen molar-refractivity contribution < 1.29 is 14.4 Å². The summed E-state index contributed by atoms with van der Waals surface area (Å²) in [5, 5.41) is 7.10. The first-order chi connectivity index (χ1) is 18.1. The minimum absolute atomic E-state index is 0.00774. The minimum Gasteiger partial charge on any atom is -0.361 e. The molecule has 5 rings (SSSR count). The van der Waals surface area contributed by atoms with Gasteiger partial charge >= 0.3 is 0 Å². The second-order valence-electron chi connectivity index (χ2n) is 11.5. The number of fused-ring (bicyclic) bond motifs is 3. The van der Waals surface area contributed by atoms with Crippen molar-refractivity contribution in [1.82, 2.24) is 20.5 Å². The van der Waals surface area contributed by atoms with Gasteiger partial charge in [-0.25, -0.2) is 0 Å². The van der Waals surface area contributed by atoms with Gasteiger partial charge in [0.1, 0.15) is 6.04 Å². The molecule has 1 aliphatic heterocycles. The lowest BCUT2D eigenvalue weighted by atomic mass is 9.73. The summed E-state index contributed by atoms with van der Waals surface area (Å²) >= 11 is 0. The number of hydrogen-bond donors (Lipinski definition) is 4. The molecule has 8 heteroatoms. The molecule has 1 spiro atoms. The van der Waals surface area contributed by atoms with Crippen molar-refractivity contribution in [2.24, 2.45) is 5.73 Å². The van der Waals surface area contributed by atoms with Gasteiger partial charge in [-0.05, 0) is 55.9 Å². The molecule has 38 heavy (non-hydrogen) atoms. The summed E-state index contributed by atoms with van der Waals surface area (Å²) in [6, 6.07) is 15.5. The topological polar surface area (TPSA) is 120 Å². The van der Waals surface area contributed by atoms with Crippen LogP contribution in [0.3, 0.4) is 0 Å². The third-order valence-corrected chi connectivity index (χ3v) is 8.20. The Balaban J connectivity index is 1.35. The number of carbonyl (C=O) groups is 3. The number of likely N-dealkylation sites (tertiary alicyclic amines) is 1. The highest BCUT2D eigenvalue weighted by Crippen LogP contribution is 2.50. The van der Waals surface area contributed by atoms with Crippen LogP contribution in [-0.4, -0.2) is 52.3 Å². The van der Waals surface area contributed by atoms with Crippen molar-refractivity contribution in [3.05, 3.63) is 71.4 Å². The maximum atomic E-state index is 13.9. The fourth-order valence-electron chi connectivity index (χ4n) is 6.18. The molecule has 1 saturated heterocycles. The number of nitrogens with two attached hydrogens (primary N) is 1. The first-order valence-electron chi connectivity index (χ1n) is 13.4. The smallest absolute Gasteiger partial charge is 0.245 e. The summed E-state index contributed by atoms with van der Waals surface area (Å²) < 4.78 is 0. The van der Waals surface area contributed by atoms with Gasteiger partial charge in [-0.3, -0.25) is 14.4 Å². The molecule has 3 aromatic rings. The average molecular weight is 516 g/mol. The van der Waals surface area contributed by atoms with Crippen LogP contribution in [0.4, 0.5) is 0 Å². The average Bonchev–Trinajstić information content (AvgIpc) is 3.42. The van der Waals surface area contributed by atoms with Crippen LogP contribution in [-0.2, 0) is 26.2 Å². The molecule has 8 nitrogen and oxygen atoms in total. The zero-order valence-electron chi connectivity index (χ0n) is 22.3. The van der Waals surface area contributed by atoms with E-state index in [0.717, 1.165) is 35.7 Å². The number of carbonyl (C=O) groups excluding carboxylic acids is 3. The summed E-state index contributed by atoms with van der Waals surface area (Å²) in [6.45, 7) is 6.02. The van der Waals surface area contributed by atoms with Crippen LogP contribution in [0.5, 0.6) is 0 Å². The molecule has 0 radical (unpaired) electrons. The molecule has 3 amide bonds. The lowest BCUT2D eigenvalue weighted by Crippen LogP contribution is -2.58. The van der Waals surface area contributed by atoms with E-state index < -0.39 is 11.6 Å². The SMILES string of the molecule is CC(=O)N[C@@H]1CC2(CCN(C(=O)C(Cc3c[nH]c4ccccc34)NC(=O)C(C)(C)N)CC2)c2ccccc21. The molecular formula is C30H37N5O3. The van der Waals surface area contributed by atoms with Crippen molar-refractivity contribution >= 4 is 28.6 Å². The van der Waals surface area contributed by atoms with Gasteiger partial charge in [0.05, 0.1) is 11.6 Å². The van der Waals surface area contributed by atoms with E-state index in [0.29, 0.717) is 19.5 Å². The largest absolute Gasteiger partial charge is 0.361 e. The Morgan fingerprint density at radius 3 is 2.50 bits per heavy atom. The number of para-hydroxylation sites is 1. The van der Waals surface area contributed by atoms with Crippen LogP contribution in [0.1, 0.15) is 62.8 Å². The Morgan fingerprint density at radius 1 is 1.11 bits per heavy atom. The lowest BCUT2D eigenvalue weighted by molar-refractivity contribution is -0.138. The Hall–Kier alpha value is -3.65. The predicted molar refractivity (Wildman–Crippen MR) is 147 cm³/mol. The molecule has 1 unspecified atom stereocenters. The van der Waals surface area contributed by atoms with Crippen LogP contribution in [0.2, 0.25) is 0 Å². The number of amides is 3. The van der Waals surface area contributed by atoms with Gasteiger partial charge in [0.25, 0.3) is 0 Å². The quantitative estimate of drug-likeness (QED) is 0.403. The number of benzene rings is 2. The van der Waals surface area contributed by atoms with E-state index in [1.165, 1.54) is 11.1 Å². The van der Waals surface area contributed by atoms with Crippen molar-refractivity contribution in [2.45, 2.75) is 69.5 Å². The van der Waals surface area contributed by atoms with Crippen LogP contribution in [0, 0.1) is 0 Å². The molecule has 2 aliphatic rings. The molecule has 1 fully saturated rings. The Morgan fingerprint density at radius 2 is 1.79 bits per heavy atom. The zero-order valence-corrected chi connectivity index (χ0v) is 22.3. The zero-order chi connectivity index (χ0) is 27.1. The summed E-state index contributed by atoms with van der Waals surface area (Å²) in [7, 11) is 0. The fourth-order valence-corrected chi connectivity index (χ4v) is 6.18. The van der Waals surface area contributed by atoms with E-state index in [1.54, 1.807) is 20.8 Å². The number of nitrogens with zero attached hydrogens (tertiary/aromatic N) is 1. The molecule has 0 saturated carbocycles. The summed E-state index contributed by atoms with van der Waals surface area (Å²) in [6.07, 6.45) is 4.74. The Kier molecular flexibility index (Phi) is 6.77. The molecule has 1 aliphatic carbocycles. The van der Waals surface area contributed by atoms with E-state index in [4.69, 9.17) is 5.73 Å². The first-order valence-corrected chi connectivity index (χ1v) is 13.4. The molecule has 5 N–H and O–H groups in total. The van der Waals surface area contributed by atoms with Gasteiger partial charge in [0.2, 0.25) is 17.7 Å². The van der Waals surface area contributed by atoms with Crippen molar-refractivity contribution in [2.75, 3.05) is 13.1 Å². The highest BCUT2D eigenvalue weighted by atomic mass is 16.2. The second-order valence-corrected chi connectivity index (χ2v) is 11.5. The first kappa shape index (κ1) is 26.0. The Labute approximate surface area is 223 Å². The minimum atomic E-state index is -1.10. The summed E-state index contributed by atoms with van der Waals surface area (Å²) in [4.78, 5) is 43.8. The molecule has 2 heterocycles. The van der Waals surface area contributed by atoms with E-state index >= 15 is 0 Å². The number of nitrogens with one attached hydrogen (secondary N) is 3. The van der Waals surface area contributed by atoms with Crippen LogP contribution in [0.25, 0.3) is 10.9 Å². The van der Waals surface area contributed by atoms with E-state index in [-0.39, 0.29) is 29.2 Å². The molecule has 2 atom stereocenters. The summed E-state index contributed by atoms with van der Waals surface area (Å²) in [5.41, 5.74) is 9.32. The maximum Gasteiger partial charge on any atom is 0.245 e. The lowest BCUT2D eigenvalue weighted by Gasteiger charge is -2.41. The third-order valence-electron chi connectivity index (χ3n) is 8.20. The number of hydrogen-bond acceptors (Lipinski definition) is 4. The van der Waals surface area contributed by atoms with Gasteiger partial charge in [-0.1, -0.05) is 42.5 Å². The third kappa shape index (κ3) is 4.92. The molecular weight excluding hydrogens is 478 g/mol. The second kappa shape index (κ2) is 9.91. The molecule has 2 aromatic carbocycles. The van der Waals surface area contributed by atoms with Crippen molar-refractivity contribution in [3.63, 3.8) is 0 Å². The van der Waals surface area contributed by atoms with Crippen molar-refractivity contribution in [3.8, 4) is 0 Å². The predicted octanol–water partition coefficient (Wildman–Crippen LogP) is 3.07. The van der Waals surface area contributed by atoms with E-state index in [9.17, 15) is 14.4 Å². The van der Waals surface area contributed by atoms with Crippen LogP contribution < -0.4 is 16.4 Å². The normalized spacial score (nSPS) is 19.3. The number of aromatic amines is 1. The highest BCUT2D eigenvalue weighted by molar-refractivity contribution is 5.92. The van der Waals surface area contributed by atoms with Gasteiger partial charge in [0.15, 0.2) is 0 Å². The molecule has 1 aromatic heterocycles. The number of piperidine rings is 1. The monoisotopic (exact) mass is 515 g/mol. The Bertz CT molecular complexity index is 1360. The number of aromatic nitrogens is 1. The van der Waals surface area contributed by atoms with Crippen LogP contribution >= 0.6 is 0 Å². The van der Waals surface area contributed by atoms with Gasteiger partial charge < -0.3 is 26.3 Å². The molecule has 200 valence electrons.